The van der Waals surface area contributed by atoms with Crippen molar-refractivity contribution in [2.24, 2.45) is 0 Å². The van der Waals surface area contributed by atoms with Crippen LogP contribution in [0.15, 0.2) is 84.8 Å². The zero-order valence-corrected chi connectivity index (χ0v) is 17.0. The van der Waals surface area contributed by atoms with Gasteiger partial charge in [-0.2, -0.15) is 0 Å². The first-order chi connectivity index (χ1) is 11.9. The van der Waals surface area contributed by atoms with Crippen LogP contribution in [0.5, 0.6) is 0 Å². The summed E-state index contributed by atoms with van der Waals surface area (Å²) in [6.07, 6.45) is 14.0. The molecule has 2 heterocycles. The second-order valence-electron chi connectivity index (χ2n) is 7.59. The van der Waals surface area contributed by atoms with Crippen LogP contribution in [0.1, 0.15) is 11.3 Å². The van der Waals surface area contributed by atoms with E-state index >= 15 is 0 Å². The third-order valence-corrected chi connectivity index (χ3v) is 6.71. The van der Waals surface area contributed by atoms with Crippen molar-refractivity contribution < 1.29 is 0 Å². The van der Waals surface area contributed by atoms with Crippen LogP contribution >= 0.6 is 11.3 Å². The molecule has 0 fully saturated rings. The first kappa shape index (κ1) is 17.8. The van der Waals surface area contributed by atoms with Crippen LogP contribution in [-0.4, -0.2) is 13.1 Å². The fourth-order valence-corrected chi connectivity index (χ4v) is 5.41. The Kier molecular flexibility index (Phi) is 5.07. The van der Waals surface area contributed by atoms with Crippen molar-refractivity contribution in [3.8, 4) is 10.6 Å². The van der Waals surface area contributed by atoms with Gasteiger partial charge in [0.05, 0.1) is 18.6 Å². The highest BCUT2D eigenvalue weighted by Gasteiger charge is 2.29. The van der Waals surface area contributed by atoms with Gasteiger partial charge in [-0.15, -0.1) is 17.9 Å². The number of hydrogen-bond donors (Lipinski definition) is 0. The van der Waals surface area contributed by atoms with E-state index in [-0.39, 0.29) is 5.41 Å². The van der Waals surface area contributed by atoms with Crippen LogP contribution in [0.3, 0.4) is 0 Å². The topological polar surface area (TPSA) is 12.9 Å². The first-order valence-electron chi connectivity index (χ1n) is 8.66. The summed E-state index contributed by atoms with van der Waals surface area (Å²) in [5, 5.41) is 0. The van der Waals surface area contributed by atoms with Crippen molar-refractivity contribution >= 4 is 19.4 Å². The van der Waals surface area contributed by atoms with E-state index in [2.05, 4.69) is 79.4 Å². The van der Waals surface area contributed by atoms with Gasteiger partial charge in [-0.1, -0.05) is 61.8 Å². The van der Waals surface area contributed by atoms with Gasteiger partial charge < -0.3 is 0 Å². The Labute approximate surface area is 156 Å². The highest BCUT2D eigenvalue weighted by Crippen LogP contribution is 2.41. The molecule has 0 saturated heterocycles. The van der Waals surface area contributed by atoms with Crippen molar-refractivity contribution in [2.45, 2.75) is 31.5 Å². The van der Waals surface area contributed by atoms with E-state index in [1.54, 1.807) is 0 Å². The zero-order chi connectivity index (χ0) is 17.9. The molecule has 0 spiro atoms. The Bertz CT molecular complexity index is 818. The van der Waals surface area contributed by atoms with Crippen LogP contribution in [0.2, 0.25) is 19.6 Å². The number of pyridine rings is 1. The van der Waals surface area contributed by atoms with E-state index < -0.39 is 8.07 Å². The SMILES string of the molecule is C=CCC1(c2ccc(-c3ccccn3)s2)C=CC(=C[Si](C)(C)C)C=C1. The predicted molar refractivity (Wildman–Crippen MR) is 114 cm³/mol. The zero-order valence-electron chi connectivity index (χ0n) is 15.2. The lowest BCUT2D eigenvalue weighted by Crippen LogP contribution is -2.21. The molecular weight excluding hydrogens is 338 g/mol. The van der Waals surface area contributed by atoms with Gasteiger partial charge in [-0.25, -0.2) is 0 Å². The lowest BCUT2D eigenvalue weighted by molar-refractivity contribution is 0.693. The second-order valence-corrected chi connectivity index (χ2v) is 13.7. The molecule has 2 aromatic rings. The normalized spacial score (nSPS) is 19.9. The van der Waals surface area contributed by atoms with Gasteiger partial charge in [0.2, 0.25) is 0 Å². The summed E-state index contributed by atoms with van der Waals surface area (Å²) in [5.41, 5.74) is 4.73. The van der Waals surface area contributed by atoms with Gasteiger partial charge in [0.1, 0.15) is 0 Å². The lowest BCUT2D eigenvalue weighted by Gasteiger charge is -2.28. The molecule has 0 radical (unpaired) electrons. The van der Waals surface area contributed by atoms with Gasteiger partial charge in [0.15, 0.2) is 0 Å². The molecule has 1 aliphatic carbocycles. The van der Waals surface area contributed by atoms with E-state index in [1.807, 2.05) is 35.7 Å². The summed E-state index contributed by atoms with van der Waals surface area (Å²) in [5.74, 6) is 0. The van der Waals surface area contributed by atoms with E-state index in [1.165, 1.54) is 15.3 Å². The minimum Gasteiger partial charge on any atom is -0.255 e. The van der Waals surface area contributed by atoms with Gasteiger partial charge >= 0.3 is 0 Å². The van der Waals surface area contributed by atoms with E-state index in [4.69, 9.17) is 0 Å². The minimum absolute atomic E-state index is 0.0871. The average Bonchev–Trinajstić information content (AvgIpc) is 3.07. The quantitative estimate of drug-likeness (QED) is 0.433. The summed E-state index contributed by atoms with van der Waals surface area (Å²) < 4.78 is 0. The van der Waals surface area contributed by atoms with Crippen molar-refractivity contribution in [3.05, 3.63) is 89.6 Å². The van der Waals surface area contributed by atoms with E-state index in [9.17, 15) is 0 Å². The number of hydrogen-bond acceptors (Lipinski definition) is 2. The van der Waals surface area contributed by atoms with Crippen molar-refractivity contribution in [3.63, 3.8) is 0 Å². The molecule has 0 amide bonds. The molecule has 0 saturated carbocycles. The number of allylic oxidation sites excluding steroid dienone is 6. The Morgan fingerprint density at radius 2 is 1.88 bits per heavy atom. The van der Waals surface area contributed by atoms with E-state index in [0.717, 1.165) is 12.1 Å². The molecule has 0 aromatic carbocycles. The highest BCUT2D eigenvalue weighted by atomic mass is 32.1. The van der Waals surface area contributed by atoms with Crippen LogP contribution in [-0.2, 0) is 5.41 Å². The number of nitrogens with zero attached hydrogens (tertiary/aromatic N) is 1. The fourth-order valence-electron chi connectivity index (χ4n) is 3.07. The maximum absolute atomic E-state index is 4.48. The van der Waals surface area contributed by atoms with Gasteiger partial charge in [0.25, 0.3) is 0 Å². The van der Waals surface area contributed by atoms with Crippen LogP contribution in [0.25, 0.3) is 10.6 Å². The molecule has 0 unspecified atom stereocenters. The molecule has 3 rings (SSSR count). The van der Waals surface area contributed by atoms with Crippen molar-refractivity contribution in [2.75, 3.05) is 0 Å². The molecule has 128 valence electrons. The third kappa shape index (κ3) is 4.17. The maximum atomic E-state index is 4.48. The predicted octanol–water partition coefficient (Wildman–Crippen LogP) is 6.55. The molecule has 0 aliphatic heterocycles. The van der Waals surface area contributed by atoms with Crippen LogP contribution in [0, 0.1) is 0 Å². The Morgan fingerprint density at radius 1 is 1.12 bits per heavy atom. The van der Waals surface area contributed by atoms with Crippen LogP contribution < -0.4 is 0 Å². The number of rotatable bonds is 5. The molecule has 0 N–H and O–H groups in total. The minimum atomic E-state index is -1.22. The smallest absolute Gasteiger partial charge is 0.0801 e. The Balaban J connectivity index is 1.95. The standard InChI is InChI=1S/C22H25NSSi/c1-5-13-22(14-11-18(12-15-22)17-25(2,3)4)21-10-9-20(24-21)19-8-6-7-16-23-19/h5-12,14-17H,1,13H2,2-4H3. The summed E-state index contributed by atoms with van der Waals surface area (Å²) in [6.45, 7) is 11.1. The van der Waals surface area contributed by atoms with E-state index in [0.29, 0.717) is 0 Å². The third-order valence-electron chi connectivity index (χ3n) is 4.21. The molecule has 0 atom stereocenters. The average molecular weight is 364 g/mol. The van der Waals surface area contributed by atoms with Crippen molar-refractivity contribution in [1.29, 1.82) is 0 Å². The highest BCUT2D eigenvalue weighted by molar-refractivity contribution is 7.15. The van der Waals surface area contributed by atoms with Gasteiger partial charge in [-0.05, 0) is 36.3 Å². The summed E-state index contributed by atoms with van der Waals surface area (Å²) >= 11 is 1.82. The lowest BCUT2D eigenvalue weighted by atomic mass is 9.79. The van der Waals surface area contributed by atoms with Gasteiger partial charge in [0, 0.05) is 16.5 Å². The van der Waals surface area contributed by atoms with Crippen LogP contribution in [0.4, 0.5) is 0 Å². The Morgan fingerprint density at radius 3 is 2.48 bits per heavy atom. The largest absolute Gasteiger partial charge is 0.255 e. The molecular formula is C22H25NSSi. The molecule has 2 aromatic heterocycles. The summed E-state index contributed by atoms with van der Waals surface area (Å²) in [7, 11) is -1.22. The fraction of sp³-hybridized carbons (Fsp3) is 0.227. The number of thiophene rings is 1. The summed E-state index contributed by atoms with van der Waals surface area (Å²) in [4.78, 5) is 7.03. The molecule has 1 nitrogen and oxygen atoms in total. The molecule has 1 aliphatic rings. The monoisotopic (exact) mass is 363 g/mol. The molecule has 25 heavy (non-hydrogen) atoms. The Hall–Kier alpha value is -1.97. The first-order valence-corrected chi connectivity index (χ1v) is 13.1. The summed E-state index contributed by atoms with van der Waals surface area (Å²) in [6, 6.07) is 10.5. The van der Waals surface area contributed by atoms with Gasteiger partial charge in [-0.3, -0.25) is 4.98 Å². The molecule has 0 bridgehead atoms. The second kappa shape index (κ2) is 7.10. The molecule has 3 heteroatoms. The van der Waals surface area contributed by atoms with Crippen molar-refractivity contribution in [1.82, 2.24) is 4.98 Å². The maximum Gasteiger partial charge on any atom is 0.0801 e. The number of aromatic nitrogens is 1.